The summed E-state index contributed by atoms with van der Waals surface area (Å²) in [5.74, 6) is -3.19. The van der Waals surface area contributed by atoms with E-state index in [1.165, 1.54) is 0 Å². The zero-order chi connectivity index (χ0) is 24.5. The highest BCUT2D eigenvalue weighted by atomic mass is 19.4. The Kier molecular flexibility index (Phi) is 6.28. The lowest BCUT2D eigenvalue weighted by Crippen LogP contribution is -2.43. The summed E-state index contributed by atoms with van der Waals surface area (Å²) >= 11 is 0. The van der Waals surface area contributed by atoms with Gasteiger partial charge in [-0.3, -0.25) is 0 Å². The molecular formula is C25H19F4NO4. The van der Waals surface area contributed by atoms with E-state index in [4.69, 9.17) is 4.74 Å². The zero-order valence-corrected chi connectivity index (χ0v) is 17.6. The molecule has 1 atom stereocenters. The number of amides is 1. The van der Waals surface area contributed by atoms with Gasteiger partial charge in [-0.1, -0.05) is 54.6 Å². The van der Waals surface area contributed by atoms with Crippen LogP contribution in [0.15, 0.2) is 66.7 Å². The molecule has 0 bridgehead atoms. The summed E-state index contributed by atoms with van der Waals surface area (Å²) in [6.07, 6.45) is -6.29. The van der Waals surface area contributed by atoms with E-state index in [1.807, 2.05) is 48.5 Å². The molecule has 0 fully saturated rings. The van der Waals surface area contributed by atoms with Crippen molar-refractivity contribution in [3.63, 3.8) is 0 Å². The van der Waals surface area contributed by atoms with E-state index in [0.717, 1.165) is 28.3 Å². The molecule has 0 saturated carbocycles. The Morgan fingerprint density at radius 1 is 0.971 bits per heavy atom. The van der Waals surface area contributed by atoms with Gasteiger partial charge >= 0.3 is 18.2 Å². The Labute approximate surface area is 192 Å². The van der Waals surface area contributed by atoms with Crippen molar-refractivity contribution in [2.45, 2.75) is 24.6 Å². The third-order valence-corrected chi connectivity index (χ3v) is 5.71. The molecule has 0 spiro atoms. The van der Waals surface area contributed by atoms with E-state index in [-0.39, 0.29) is 18.1 Å². The van der Waals surface area contributed by atoms with Gasteiger partial charge < -0.3 is 15.2 Å². The number of aliphatic carboxylic acids is 1. The predicted molar refractivity (Wildman–Crippen MR) is 115 cm³/mol. The fourth-order valence-electron chi connectivity index (χ4n) is 4.13. The fourth-order valence-corrected chi connectivity index (χ4v) is 4.13. The van der Waals surface area contributed by atoms with E-state index < -0.39 is 42.1 Å². The summed E-state index contributed by atoms with van der Waals surface area (Å²) in [6, 6.07) is 16.0. The number of carboxylic acid groups (broad SMARTS) is 1. The molecule has 0 aromatic heterocycles. The minimum Gasteiger partial charge on any atom is -0.480 e. The average molecular weight is 473 g/mol. The number of benzene rings is 3. The van der Waals surface area contributed by atoms with Crippen LogP contribution in [0.2, 0.25) is 0 Å². The molecule has 3 aromatic rings. The highest BCUT2D eigenvalue weighted by Gasteiger charge is 2.34. The highest BCUT2D eigenvalue weighted by Crippen LogP contribution is 2.44. The number of alkyl carbamates (subject to hydrolysis) is 1. The quantitative estimate of drug-likeness (QED) is 0.472. The Hall–Kier alpha value is -3.88. The van der Waals surface area contributed by atoms with Gasteiger partial charge in [0.25, 0.3) is 0 Å². The third kappa shape index (κ3) is 4.73. The van der Waals surface area contributed by atoms with Crippen LogP contribution in [0.4, 0.5) is 22.4 Å². The first-order valence-electron chi connectivity index (χ1n) is 10.3. The number of carboxylic acids is 1. The standard InChI is InChI=1S/C25H19F4NO4/c26-21-11-14(9-10-20(21)25(27,28)29)12-22(23(31)32)30-24(33)34-13-19-17-7-3-1-5-15(17)16-6-2-4-8-18(16)19/h1-11,19,22H,12-13H2,(H,30,33)(H,31,32). The maximum Gasteiger partial charge on any atom is 0.419 e. The Balaban J connectivity index is 1.43. The van der Waals surface area contributed by atoms with Crippen molar-refractivity contribution in [3.8, 4) is 11.1 Å². The molecule has 1 aliphatic carbocycles. The first kappa shape index (κ1) is 23.3. The Morgan fingerprint density at radius 2 is 1.56 bits per heavy atom. The van der Waals surface area contributed by atoms with Crippen LogP contribution < -0.4 is 5.32 Å². The zero-order valence-electron chi connectivity index (χ0n) is 17.6. The van der Waals surface area contributed by atoms with Crippen LogP contribution in [0.5, 0.6) is 0 Å². The second kappa shape index (κ2) is 9.17. The average Bonchev–Trinajstić information content (AvgIpc) is 3.10. The molecule has 0 radical (unpaired) electrons. The van der Waals surface area contributed by atoms with Gasteiger partial charge in [0.2, 0.25) is 0 Å². The summed E-state index contributed by atoms with van der Waals surface area (Å²) in [7, 11) is 0. The summed E-state index contributed by atoms with van der Waals surface area (Å²) < 4.78 is 57.3. The maximum absolute atomic E-state index is 13.8. The van der Waals surface area contributed by atoms with Gasteiger partial charge in [0.1, 0.15) is 18.5 Å². The highest BCUT2D eigenvalue weighted by molar-refractivity contribution is 5.81. The number of carbonyl (C=O) groups is 2. The molecule has 0 saturated heterocycles. The maximum atomic E-state index is 13.8. The van der Waals surface area contributed by atoms with Crippen LogP contribution >= 0.6 is 0 Å². The van der Waals surface area contributed by atoms with Gasteiger partial charge in [-0.25, -0.2) is 14.0 Å². The van der Waals surface area contributed by atoms with Crippen molar-refractivity contribution in [3.05, 3.63) is 94.8 Å². The molecule has 3 aromatic carbocycles. The summed E-state index contributed by atoms with van der Waals surface area (Å²) in [5.41, 5.74) is 2.54. The summed E-state index contributed by atoms with van der Waals surface area (Å²) in [4.78, 5) is 24.0. The minimum absolute atomic E-state index is 0.0168. The van der Waals surface area contributed by atoms with Gasteiger partial charge in [-0.15, -0.1) is 0 Å². The van der Waals surface area contributed by atoms with E-state index in [1.54, 1.807) is 0 Å². The number of carbonyl (C=O) groups excluding carboxylic acids is 1. The number of alkyl halides is 3. The molecule has 1 unspecified atom stereocenters. The lowest BCUT2D eigenvalue weighted by molar-refractivity contribution is -0.140. The molecule has 1 aliphatic rings. The van der Waals surface area contributed by atoms with Crippen LogP contribution in [0.25, 0.3) is 11.1 Å². The topological polar surface area (TPSA) is 75.6 Å². The lowest BCUT2D eigenvalue weighted by Gasteiger charge is -2.18. The van der Waals surface area contributed by atoms with Crippen molar-refractivity contribution < 1.29 is 37.0 Å². The largest absolute Gasteiger partial charge is 0.480 e. The van der Waals surface area contributed by atoms with Crippen molar-refractivity contribution in [2.75, 3.05) is 6.61 Å². The van der Waals surface area contributed by atoms with E-state index in [0.29, 0.717) is 12.1 Å². The summed E-state index contributed by atoms with van der Waals surface area (Å²) in [6.45, 7) is -0.0406. The molecule has 5 nitrogen and oxygen atoms in total. The van der Waals surface area contributed by atoms with Gasteiger partial charge in [0, 0.05) is 12.3 Å². The third-order valence-electron chi connectivity index (χ3n) is 5.71. The van der Waals surface area contributed by atoms with Crippen LogP contribution in [-0.2, 0) is 22.1 Å². The van der Waals surface area contributed by atoms with Crippen LogP contribution in [0.3, 0.4) is 0 Å². The summed E-state index contributed by atoms with van der Waals surface area (Å²) in [5, 5.41) is 11.6. The Morgan fingerprint density at radius 3 is 2.09 bits per heavy atom. The monoisotopic (exact) mass is 473 g/mol. The van der Waals surface area contributed by atoms with Crippen LogP contribution in [-0.4, -0.2) is 29.8 Å². The number of rotatable bonds is 6. The molecule has 4 rings (SSSR count). The lowest BCUT2D eigenvalue weighted by atomic mass is 9.98. The van der Waals surface area contributed by atoms with E-state index in [9.17, 15) is 32.3 Å². The van der Waals surface area contributed by atoms with Crippen molar-refractivity contribution >= 4 is 12.1 Å². The van der Waals surface area contributed by atoms with Gasteiger partial charge in [-0.2, -0.15) is 13.2 Å². The predicted octanol–water partition coefficient (Wildman–Crippen LogP) is 5.38. The number of halogens is 4. The first-order valence-corrected chi connectivity index (χ1v) is 10.3. The van der Waals surface area contributed by atoms with Crippen LogP contribution in [0, 0.1) is 5.82 Å². The second-order valence-corrected chi connectivity index (χ2v) is 7.88. The number of nitrogens with one attached hydrogen (secondary N) is 1. The molecular weight excluding hydrogens is 454 g/mol. The molecule has 9 heteroatoms. The Bertz CT molecular complexity index is 1200. The van der Waals surface area contributed by atoms with Crippen molar-refractivity contribution in [1.82, 2.24) is 5.32 Å². The van der Waals surface area contributed by atoms with Crippen LogP contribution in [0.1, 0.15) is 28.2 Å². The molecule has 176 valence electrons. The van der Waals surface area contributed by atoms with Gasteiger partial charge in [-0.05, 0) is 39.9 Å². The van der Waals surface area contributed by atoms with Gasteiger partial charge in [0.05, 0.1) is 5.56 Å². The molecule has 1 amide bonds. The number of hydrogen-bond acceptors (Lipinski definition) is 3. The minimum atomic E-state index is -4.87. The number of fused-ring (bicyclic) bond motifs is 3. The molecule has 0 heterocycles. The van der Waals surface area contributed by atoms with Crippen molar-refractivity contribution in [2.24, 2.45) is 0 Å². The van der Waals surface area contributed by atoms with Crippen molar-refractivity contribution in [1.29, 1.82) is 0 Å². The molecule has 0 aliphatic heterocycles. The SMILES string of the molecule is O=C(NC(Cc1ccc(C(F)(F)F)c(F)c1)C(=O)O)OCC1c2ccccc2-c2ccccc21. The van der Waals surface area contributed by atoms with E-state index in [2.05, 4.69) is 5.32 Å². The van der Waals surface area contributed by atoms with E-state index >= 15 is 0 Å². The van der Waals surface area contributed by atoms with Gasteiger partial charge in [0.15, 0.2) is 0 Å². The molecule has 2 N–H and O–H groups in total. The smallest absolute Gasteiger partial charge is 0.419 e. The normalized spacial score (nSPS) is 13.6. The number of hydrogen-bond donors (Lipinski definition) is 2. The second-order valence-electron chi connectivity index (χ2n) is 7.88. The number of ether oxygens (including phenoxy) is 1. The molecule has 34 heavy (non-hydrogen) atoms. The first-order chi connectivity index (χ1) is 16.1. The fraction of sp³-hybridized carbons (Fsp3) is 0.200.